The predicted molar refractivity (Wildman–Crippen MR) is 120 cm³/mol. The minimum atomic E-state index is -0.294. The van der Waals surface area contributed by atoms with E-state index in [0.717, 1.165) is 29.7 Å². The maximum absolute atomic E-state index is 12.5. The van der Waals surface area contributed by atoms with Crippen molar-refractivity contribution in [1.29, 1.82) is 0 Å². The van der Waals surface area contributed by atoms with Crippen molar-refractivity contribution in [3.8, 4) is 0 Å². The van der Waals surface area contributed by atoms with E-state index < -0.39 is 0 Å². The van der Waals surface area contributed by atoms with Gasteiger partial charge in [0, 0.05) is 29.6 Å². The number of hydrogen-bond donors (Lipinski definition) is 2. The second-order valence-electron chi connectivity index (χ2n) is 10.4. The number of hydrogen-bond acceptors (Lipinski definition) is 3. The number of nitrogens with one attached hydrogen (secondary N) is 2. The van der Waals surface area contributed by atoms with Crippen molar-refractivity contribution in [2.24, 2.45) is 23.2 Å². The summed E-state index contributed by atoms with van der Waals surface area (Å²) in [5.74, 6) is 2.13. The lowest BCUT2D eigenvalue weighted by Gasteiger charge is -2.59. The number of amides is 1. The van der Waals surface area contributed by atoms with Gasteiger partial charge in [0.1, 0.15) is 0 Å². The summed E-state index contributed by atoms with van der Waals surface area (Å²) in [6.07, 6.45) is 11.8. The molecule has 31 heavy (non-hydrogen) atoms. The molecule has 166 valence electrons. The lowest BCUT2D eigenvalue weighted by Crippen LogP contribution is -2.56. The van der Waals surface area contributed by atoms with Crippen molar-refractivity contribution in [1.82, 2.24) is 10.3 Å². The van der Waals surface area contributed by atoms with Gasteiger partial charge in [0.2, 0.25) is 0 Å². The highest BCUT2D eigenvalue weighted by Crippen LogP contribution is 2.61. The quantitative estimate of drug-likeness (QED) is 0.603. The van der Waals surface area contributed by atoms with Gasteiger partial charge in [-0.05, 0) is 93.1 Å². The zero-order valence-electron chi connectivity index (χ0n) is 18.5. The van der Waals surface area contributed by atoms with Crippen LogP contribution in [0.15, 0.2) is 30.5 Å². The third-order valence-corrected chi connectivity index (χ3v) is 8.25. The lowest BCUT2D eigenvalue weighted by molar-refractivity contribution is -0.149. The number of H-pyrrole nitrogens is 1. The van der Waals surface area contributed by atoms with Crippen LogP contribution in [-0.4, -0.2) is 29.5 Å². The largest absolute Gasteiger partial charge is 0.456 e. The third kappa shape index (κ3) is 4.24. The van der Waals surface area contributed by atoms with Crippen LogP contribution in [-0.2, 0) is 20.7 Å². The molecule has 1 aromatic carbocycles. The minimum absolute atomic E-state index is 0.159. The molecule has 1 aromatic heterocycles. The van der Waals surface area contributed by atoms with Gasteiger partial charge in [-0.1, -0.05) is 18.2 Å². The van der Waals surface area contributed by atoms with E-state index in [0.29, 0.717) is 12.8 Å². The average molecular weight is 423 g/mol. The van der Waals surface area contributed by atoms with Crippen LogP contribution in [0.4, 0.5) is 0 Å². The van der Waals surface area contributed by atoms with Crippen LogP contribution in [0.2, 0.25) is 0 Å². The molecule has 1 atom stereocenters. The summed E-state index contributed by atoms with van der Waals surface area (Å²) in [4.78, 5) is 27.9. The Hall–Kier alpha value is -2.30. The Balaban J connectivity index is 1.05. The summed E-state index contributed by atoms with van der Waals surface area (Å²) < 4.78 is 5.27. The fourth-order valence-electron chi connectivity index (χ4n) is 7.12. The number of esters is 1. The number of carbonyl (C=O) groups excluding carboxylic acids is 2. The number of ether oxygens (including phenoxy) is 1. The van der Waals surface area contributed by atoms with E-state index in [4.69, 9.17) is 4.74 Å². The first-order chi connectivity index (χ1) is 15.0. The summed E-state index contributed by atoms with van der Waals surface area (Å²) in [5, 5.41) is 4.37. The van der Waals surface area contributed by atoms with Crippen LogP contribution in [0.25, 0.3) is 10.9 Å². The predicted octanol–water partition coefficient (Wildman–Crippen LogP) is 4.75. The molecule has 4 saturated carbocycles. The molecular formula is C26H34N2O3. The van der Waals surface area contributed by atoms with Crippen molar-refractivity contribution in [3.63, 3.8) is 0 Å². The molecule has 4 fully saturated rings. The summed E-state index contributed by atoms with van der Waals surface area (Å²) in [6.45, 7) is 2.00. The van der Waals surface area contributed by atoms with Crippen LogP contribution in [0.3, 0.4) is 0 Å². The Kier molecular flexibility index (Phi) is 5.53. The molecular weight excluding hydrogens is 388 g/mol. The number of aromatic amines is 1. The first kappa shape index (κ1) is 20.6. The van der Waals surface area contributed by atoms with E-state index in [9.17, 15) is 9.59 Å². The Morgan fingerprint density at radius 1 is 1.13 bits per heavy atom. The molecule has 0 saturated heterocycles. The standard InChI is InChI=1S/C26H34N2O3/c1-17(26-12-18-9-19(13-26)11-20(10-18)14-26)28-24(29)16-31-25(30)8-4-5-21-15-27-23-7-3-2-6-22(21)23/h2-3,6-7,15,17-20,27H,4-5,8-14,16H2,1H3,(H,28,29)/t17-,18?,19?,20?,26?/m1/s1. The highest BCUT2D eigenvalue weighted by atomic mass is 16.5. The number of benzene rings is 1. The van der Waals surface area contributed by atoms with Crippen molar-refractivity contribution < 1.29 is 14.3 Å². The summed E-state index contributed by atoms with van der Waals surface area (Å²) in [7, 11) is 0. The molecule has 4 aliphatic rings. The Morgan fingerprint density at radius 3 is 2.52 bits per heavy atom. The van der Waals surface area contributed by atoms with Crippen molar-refractivity contribution >= 4 is 22.8 Å². The first-order valence-electron chi connectivity index (χ1n) is 12.0. The Labute approximate surface area is 184 Å². The van der Waals surface area contributed by atoms with E-state index >= 15 is 0 Å². The van der Waals surface area contributed by atoms with Crippen LogP contribution < -0.4 is 5.32 Å². The van der Waals surface area contributed by atoms with Crippen LogP contribution in [0, 0.1) is 23.2 Å². The van der Waals surface area contributed by atoms with Crippen LogP contribution >= 0.6 is 0 Å². The molecule has 5 heteroatoms. The molecule has 4 aliphatic carbocycles. The monoisotopic (exact) mass is 422 g/mol. The summed E-state index contributed by atoms with van der Waals surface area (Å²) >= 11 is 0. The van der Waals surface area contributed by atoms with Gasteiger partial charge in [0.05, 0.1) is 0 Å². The Morgan fingerprint density at radius 2 is 1.81 bits per heavy atom. The molecule has 2 N–H and O–H groups in total. The van der Waals surface area contributed by atoms with E-state index in [1.165, 1.54) is 49.5 Å². The number of aryl methyl sites for hydroxylation is 1. The maximum Gasteiger partial charge on any atom is 0.306 e. The van der Waals surface area contributed by atoms with Gasteiger partial charge in [-0.3, -0.25) is 9.59 Å². The van der Waals surface area contributed by atoms with Crippen molar-refractivity contribution in [2.45, 2.75) is 70.8 Å². The Bertz CT molecular complexity index is 927. The number of para-hydroxylation sites is 1. The molecule has 1 amide bonds. The van der Waals surface area contributed by atoms with E-state index in [1.54, 1.807) is 0 Å². The summed E-state index contributed by atoms with van der Waals surface area (Å²) in [5.41, 5.74) is 2.60. The number of aromatic nitrogens is 1. The zero-order valence-corrected chi connectivity index (χ0v) is 18.5. The highest BCUT2D eigenvalue weighted by molar-refractivity contribution is 5.83. The summed E-state index contributed by atoms with van der Waals surface area (Å²) in [6, 6.07) is 8.34. The average Bonchev–Trinajstić information content (AvgIpc) is 3.14. The van der Waals surface area contributed by atoms with Gasteiger partial charge in [0.15, 0.2) is 6.61 Å². The molecule has 0 aliphatic heterocycles. The van der Waals surface area contributed by atoms with Crippen molar-refractivity contribution in [3.05, 3.63) is 36.0 Å². The van der Waals surface area contributed by atoms with E-state index in [1.807, 2.05) is 18.3 Å². The number of fused-ring (bicyclic) bond motifs is 1. The molecule has 0 spiro atoms. The normalized spacial score (nSPS) is 29.8. The number of rotatable bonds is 8. The highest BCUT2D eigenvalue weighted by Gasteiger charge is 2.53. The molecule has 6 rings (SSSR count). The van der Waals surface area contributed by atoms with Crippen LogP contribution in [0.5, 0.6) is 0 Å². The van der Waals surface area contributed by atoms with Gasteiger partial charge in [-0.15, -0.1) is 0 Å². The molecule has 1 heterocycles. The fraction of sp³-hybridized carbons (Fsp3) is 0.615. The maximum atomic E-state index is 12.5. The SMILES string of the molecule is C[C@@H](NC(=O)COC(=O)CCCc1c[nH]c2ccccc12)C12CC3CC(CC(C3)C1)C2. The molecule has 2 aromatic rings. The third-order valence-electron chi connectivity index (χ3n) is 8.25. The van der Waals surface area contributed by atoms with Gasteiger partial charge in [-0.25, -0.2) is 0 Å². The molecule has 5 nitrogen and oxygen atoms in total. The molecule has 0 radical (unpaired) electrons. The second-order valence-corrected chi connectivity index (χ2v) is 10.4. The van der Waals surface area contributed by atoms with Gasteiger partial charge in [-0.2, -0.15) is 0 Å². The zero-order chi connectivity index (χ0) is 21.4. The first-order valence-corrected chi connectivity index (χ1v) is 12.0. The second kappa shape index (κ2) is 8.33. The van der Waals surface area contributed by atoms with Crippen LogP contribution in [0.1, 0.15) is 63.9 Å². The van der Waals surface area contributed by atoms with Gasteiger partial charge in [0.25, 0.3) is 5.91 Å². The fourth-order valence-corrected chi connectivity index (χ4v) is 7.12. The smallest absolute Gasteiger partial charge is 0.306 e. The topological polar surface area (TPSA) is 71.2 Å². The van der Waals surface area contributed by atoms with Gasteiger partial charge < -0.3 is 15.0 Å². The van der Waals surface area contributed by atoms with E-state index in [2.05, 4.69) is 29.4 Å². The van der Waals surface area contributed by atoms with Gasteiger partial charge >= 0.3 is 5.97 Å². The molecule has 0 unspecified atom stereocenters. The lowest BCUT2D eigenvalue weighted by atomic mass is 9.48. The number of carbonyl (C=O) groups is 2. The molecule has 4 bridgehead atoms. The van der Waals surface area contributed by atoms with E-state index in [-0.39, 0.29) is 29.9 Å². The van der Waals surface area contributed by atoms with Crippen molar-refractivity contribution in [2.75, 3.05) is 6.61 Å². The minimum Gasteiger partial charge on any atom is -0.456 e.